The number of benzene rings is 3. The lowest BCUT2D eigenvalue weighted by atomic mass is 10.2. The number of nitrogens with one attached hydrogen (secondary N) is 1. The fourth-order valence-corrected chi connectivity index (χ4v) is 5.72. The molecule has 0 atom stereocenters. The zero-order valence-electron chi connectivity index (χ0n) is 17.8. The second-order valence-electron chi connectivity index (χ2n) is 7.19. The number of ether oxygens (including phenoxy) is 1. The van der Waals surface area contributed by atoms with Crippen molar-refractivity contribution < 1.29 is 9.53 Å². The molecular formula is C24H19Br2N3O3S. The topological polar surface area (TPSA) is 73.2 Å². The zero-order chi connectivity index (χ0) is 23.5. The first kappa shape index (κ1) is 23.5. The van der Waals surface area contributed by atoms with E-state index in [1.165, 1.54) is 16.3 Å². The van der Waals surface area contributed by atoms with E-state index < -0.39 is 0 Å². The Kier molecular flexibility index (Phi) is 7.21. The van der Waals surface area contributed by atoms with Crippen LogP contribution in [0.25, 0.3) is 16.6 Å². The van der Waals surface area contributed by atoms with Crippen molar-refractivity contribution in [2.24, 2.45) is 0 Å². The summed E-state index contributed by atoms with van der Waals surface area (Å²) in [5.74, 6) is 0.547. The van der Waals surface area contributed by atoms with Crippen molar-refractivity contribution in [2.45, 2.75) is 12.1 Å². The number of carbonyl (C=O) groups excluding carboxylic acids is 1. The van der Waals surface area contributed by atoms with Crippen LogP contribution in [0.2, 0.25) is 0 Å². The number of fused-ring (bicyclic) bond motifs is 1. The van der Waals surface area contributed by atoms with Crippen molar-refractivity contribution in [1.82, 2.24) is 9.55 Å². The van der Waals surface area contributed by atoms with E-state index in [1.807, 2.05) is 25.1 Å². The standard InChI is InChI=1S/C24H19Br2N3O3S/c1-14-11-18(25)22(19(26)12-14)28-21(30)13-33-24-27-20-6-4-3-5-17(20)23(31)29(24)15-7-9-16(32-2)10-8-15/h3-12H,13H2,1-2H3,(H,28,30). The summed E-state index contributed by atoms with van der Waals surface area (Å²) in [6.07, 6.45) is 0. The van der Waals surface area contributed by atoms with Crippen molar-refractivity contribution in [3.63, 3.8) is 0 Å². The van der Waals surface area contributed by atoms with Crippen LogP contribution in [0.15, 0.2) is 79.6 Å². The third-order valence-electron chi connectivity index (χ3n) is 4.86. The van der Waals surface area contributed by atoms with Gasteiger partial charge >= 0.3 is 0 Å². The largest absolute Gasteiger partial charge is 0.497 e. The van der Waals surface area contributed by atoms with E-state index in [-0.39, 0.29) is 17.2 Å². The number of aromatic nitrogens is 2. The number of carbonyl (C=O) groups is 1. The molecule has 33 heavy (non-hydrogen) atoms. The SMILES string of the molecule is COc1ccc(-n2c(SCC(=O)Nc3c(Br)cc(C)cc3Br)nc3ccccc3c2=O)cc1. The Bertz CT molecular complexity index is 1380. The van der Waals surface area contributed by atoms with Gasteiger partial charge in [0.25, 0.3) is 5.56 Å². The van der Waals surface area contributed by atoms with Gasteiger partial charge in [0.2, 0.25) is 5.91 Å². The number of nitrogens with zero attached hydrogens (tertiary/aromatic N) is 2. The molecule has 0 aliphatic heterocycles. The number of para-hydroxylation sites is 1. The van der Waals surface area contributed by atoms with E-state index in [4.69, 9.17) is 4.74 Å². The monoisotopic (exact) mass is 587 g/mol. The molecule has 3 aromatic carbocycles. The second kappa shape index (κ2) is 10.1. The highest BCUT2D eigenvalue weighted by Gasteiger charge is 2.16. The number of halogens is 2. The molecule has 0 saturated carbocycles. The van der Waals surface area contributed by atoms with Crippen LogP contribution in [0.4, 0.5) is 5.69 Å². The molecule has 0 saturated heterocycles. The number of anilines is 1. The number of methoxy groups -OCH3 is 1. The Balaban J connectivity index is 1.67. The molecule has 1 aromatic heterocycles. The smallest absolute Gasteiger partial charge is 0.266 e. The molecule has 6 nitrogen and oxygen atoms in total. The van der Waals surface area contributed by atoms with Gasteiger partial charge in [-0.2, -0.15) is 0 Å². The summed E-state index contributed by atoms with van der Waals surface area (Å²) in [6.45, 7) is 1.97. The summed E-state index contributed by atoms with van der Waals surface area (Å²) in [5.41, 5.74) is 2.75. The third-order valence-corrected chi connectivity index (χ3v) is 7.05. The van der Waals surface area contributed by atoms with Gasteiger partial charge in [-0.25, -0.2) is 4.98 Å². The molecule has 168 valence electrons. The van der Waals surface area contributed by atoms with Crippen LogP contribution < -0.4 is 15.6 Å². The van der Waals surface area contributed by atoms with Gasteiger partial charge in [-0.3, -0.25) is 14.2 Å². The highest BCUT2D eigenvalue weighted by molar-refractivity contribution is 9.11. The molecule has 0 aliphatic rings. The average molecular weight is 589 g/mol. The molecule has 1 amide bonds. The van der Waals surface area contributed by atoms with Crippen LogP contribution in [0.5, 0.6) is 5.75 Å². The van der Waals surface area contributed by atoms with Gasteiger partial charge in [-0.1, -0.05) is 23.9 Å². The lowest BCUT2D eigenvalue weighted by molar-refractivity contribution is -0.113. The molecule has 1 N–H and O–H groups in total. The number of rotatable bonds is 6. The number of thioether (sulfide) groups is 1. The predicted octanol–water partition coefficient (Wildman–Crippen LogP) is 5.96. The summed E-state index contributed by atoms with van der Waals surface area (Å²) >= 11 is 8.19. The van der Waals surface area contributed by atoms with Gasteiger partial charge in [0.1, 0.15) is 5.75 Å². The van der Waals surface area contributed by atoms with E-state index in [9.17, 15) is 9.59 Å². The zero-order valence-corrected chi connectivity index (χ0v) is 21.8. The van der Waals surface area contributed by atoms with Crippen LogP contribution >= 0.6 is 43.6 Å². The average Bonchev–Trinajstić information content (AvgIpc) is 2.80. The minimum absolute atomic E-state index is 0.0771. The summed E-state index contributed by atoms with van der Waals surface area (Å²) in [6, 6.07) is 18.2. The van der Waals surface area contributed by atoms with Gasteiger partial charge in [-0.15, -0.1) is 0 Å². The Morgan fingerprint density at radius 3 is 2.42 bits per heavy atom. The van der Waals surface area contributed by atoms with Gasteiger partial charge in [-0.05, 0) is 92.9 Å². The molecule has 0 bridgehead atoms. The molecule has 0 unspecified atom stereocenters. The van der Waals surface area contributed by atoms with Crippen molar-refractivity contribution >= 4 is 66.1 Å². The first-order chi connectivity index (χ1) is 15.9. The van der Waals surface area contributed by atoms with E-state index in [2.05, 4.69) is 42.2 Å². The Labute approximate surface area is 211 Å². The fourth-order valence-electron chi connectivity index (χ4n) is 3.29. The fraction of sp³-hybridized carbons (Fsp3) is 0.125. The van der Waals surface area contributed by atoms with Crippen LogP contribution in [0.3, 0.4) is 0 Å². The maximum Gasteiger partial charge on any atom is 0.266 e. The molecule has 9 heteroatoms. The van der Waals surface area contributed by atoms with Gasteiger partial charge in [0.05, 0.1) is 35.1 Å². The maximum absolute atomic E-state index is 13.3. The van der Waals surface area contributed by atoms with Crippen LogP contribution in [-0.4, -0.2) is 28.3 Å². The summed E-state index contributed by atoms with van der Waals surface area (Å²) < 4.78 is 8.32. The number of aryl methyl sites for hydroxylation is 1. The predicted molar refractivity (Wildman–Crippen MR) is 140 cm³/mol. The molecule has 0 spiro atoms. The summed E-state index contributed by atoms with van der Waals surface area (Å²) in [4.78, 5) is 30.8. The molecule has 0 aliphatic carbocycles. The Morgan fingerprint density at radius 2 is 1.76 bits per heavy atom. The number of hydrogen-bond acceptors (Lipinski definition) is 5. The number of hydrogen-bond donors (Lipinski definition) is 1. The quantitative estimate of drug-likeness (QED) is 0.222. The minimum Gasteiger partial charge on any atom is -0.497 e. The summed E-state index contributed by atoms with van der Waals surface area (Å²) in [5, 5.41) is 3.86. The van der Waals surface area contributed by atoms with E-state index in [0.717, 1.165) is 14.5 Å². The molecule has 4 aromatic rings. The number of amides is 1. The van der Waals surface area contributed by atoms with Crippen LogP contribution in [-0.2, 0) is 4.79 Å². The van der Waals surface area contributed by atoms with E-state index in [1.54, 1.807) is 49.6 Å². The molecule has 0 fully saturated rings. The molecule has 4 rings (SSSR count). The van der Waals surface area contributed by atoms with E-state index >= 15 is 0 Å². The van der Waals surface area contributed by atoms with Crippen molar-refractivity contribution in [1.29, 1.82) is 0 Å². The molecule has 1 heterocycles. The Morgan fingerprint density at radius 1 is 1.09 bits per heavy atom. The third kappa shape index (κ3) is 5.15. The van der Waals surface area contributed by atoms with Crippen molar-refractivity contribution in [3.05, 3.63) is 85.5 Å². The van der Waals surface area contributed by atoms with Gasteiger partial charge < -0.3 is 10.1 Å². The minimum atomic E-state index is -0.214. The highest BCUT2D eigenvalue weighted by Crippen LogP contribution is 2.32. The highest BCUT2D eigenvalue weighted by atomic mass is 79.9. The summed E-state index contributed by atoms with van der Waals surface area (Å²) in [7, 11) is 1.59. The van der Waals surface area contributed by atoms with Crippen molar-refractivity contribution in [3.8, 4) is 11.4 Å². The second-order valence-corrected chi connectivity index (χ2v) is 9.84. The maximum atomic E-state index is 13.3. The van der Waals surface area contributed by atoms with Gasteiger partial charge in [0, 0.05) is 8.95 Å². The normalized spacial score (nSPS) is 10.9. The molecule has 0 radical (unpaired) electrons. The lowest BCUT2D eigenvalue weighted by Gasteiger charge is -2.14. The van der Waals surface area contributed by atoms with Gasteiger partial charge in [0.15, 0.2) is 5.16 Å². The Hall–Kier alpha value is -2.62. The van der Waals surface area contributed by atoms with Crippen LogP contribution in [0.1, 0.15) is 5.56 Å². The molecular weight excluding hydrogens is 570 g/mol. The lowest BCUT2D eigenvalue weighted by Crippen LogP contribution is -2.23. The first-order valence-electron chi connectivity index (χ1n) is 9.92. The van der Waals surface area contributed by atoms with Crippen LogP contribution in [0, 0.1) is 6.92 Å². The van der Waals surface area contributed by atoms with E-state index in [0.29, 0.717) is 33.2 Å². The van der Waals surface area contributed by atoms with Crippen molar-refractivity contribution in [2.75, 3.05) is 18.2 Å². The first-order valence-corrected chi connectivity index (χ1v) is 12.5.